The van der Waals surface area contributed by atoms with Crippen LogP contribution in [0.1, 0.15) is 30.5 Å². The van der Waals surface area contributed by atoms with Gasteiger partial charge in [-0.2, -0.15) is 5.10 Å². The van der Waals surface area contributed by atoms with Gasteiger partial charge >= 0.3 is 0 Å². The van der Waals surface area contributed by atoms with E-state index in [1.165, 1.54) is 31.4 Å². The molecule has 0 radical (unpaired) electrons. The number of hydrogen-bond acceptors (Lipinski definition) is 5. The first kappa shape index (κ1) is 18.5. The van der Waals surface area contributed by atoms with E-state index >= 15 is 0 Å². The summed E-state index contributed by atoms with van der Waals surface area (Å²) in [7, 11) is 0. The molecule has 3 N–H and O–H groups in total. The number of aromatic amines is 1. The summed E-state index contributed by atoms with van der Waals surface area (Å²) in [5, 5.41) is 21.4. The van der Waals surface area contributed by atoms with Crippen molar-refractivity contribution in [1.29, 1.82) is 0 Å². The minimum absolute atomic E-state index is 0.352. The van der Waals surface area contributed by atoms with Crippen LogP contribution in [0, 0.1) is 18.2 Å². The second-order valence-corrected chi connectivity index (χ2v) is 8.59. The van der Waals surface area contributed by atoms with Crippen molar-refractivity contribution in [2.45, 2.75) is 32.7 Å². The number of pyridine rings is 1. The molecule has 7 heteroatoms. The maximum absolute atomic E-state index is 13.9. The van der Waals surface area contributed by atoms with Crippen molar-refractivity contribution in [3.63, 3.8) is 0 Å². The average Bonchev–Trinajstić information content (AvgIpc) is 3.28. The number of aromatic nitrogens is 3. The molecule has 0 amide bonds. The number of phenols is 1. The quantitative estimate of drug-likeness (QED) is 0.634. The second kappa shape index (κ2) is 7.07. The maximum atomic E-state index is 13.9. The number of likely N-dealkylation sites (tertiary alicyclic amines) is 1. The Labute approximate surface area is 169 Å². The minimum atomic E-state index is -0.642. The molecular weight excluding hydrogens is 369 g/mol. The SMILES string of the molecule is Cc1[nH]nc2nc(-c3ccc(O)c(F)c3)cc(CN3CCC4(CCNCC4)C3)c12. The van der Waals surface area contributed by atoms with Gasteiger partial charge in [0.2, 0.25) is 0 Å². The number of hydrogen-bond donors (Lipinski definition) is 3. The molecule has 1 spiro atoms. The topological polar surface area (TPSA) is 77.1 Å². The number of rotatable bonds is 3. The number of phenolic OH excluding ortho intramolecular Hbond substituents is 1. The third-order valence-electron chi connectivity index (χ3n) is 6.61. The van der Waals surface area contributed by atoms with Crippen LogP contribution in [0.15, 0.2) is 24.3 Å². The van der Waals surface area contributed by atoms with Crippen LogP contribution in [0.5, 0.6) is 5.75 Å². The molecule has 152 valence electrons. The Bertz CT molecular complexity index is 1060. The van der Waals surface area contributed by atoms with Crippen molar-refractivity contribution in [3.05, 3.63) is 41.3 Å². The van der Waals surface area contributed by atoms with E-state index in [1.807, 2.05) is 13.0 Å². The van der Waals surface area contributed by atoms with Gasteiger partial charge in [0.1, 0.15) is 0 Å². The minimum Gasteiger partial charge on any atom is -0.505 e. The highest BCUT2D eigenvalue weighted by molar-refractivity contribution is 5.84. The number of halogens is 1. The summed E-state index contributed by atoms with van der Waals surface area (Å²) in [5.41, 5.74) is 4.58. The molecule has 29 heavy (non-hydrogen) atoms. The summed E-state index contributed by atoms with van der Waals surface area (Å²) >= 11 is 0. The highest BCUT2D eigenvalue weighted by Crippen LogP contribution is 2.39. The fourth-order valence-corrected chi connectivity index (χ4v) is 4.97. The van der Waals surface area contributed by atoms with Crippen LogP contribution in [0.3, 0.4) is 0 Å². The molecule has 4 heterocycles. The zero-order chi connectivity index (χ0) is 20.0. The Hall–Kier alpha value is -2.51. The van der Waals surface area contributed by atoms with E-state index in [9.17, 15) is 9.50 Å². The summed E-state index contributed by atoms with van der Waals surface area (Å²) in [6.07, 6.45) is 3.75. The third-order valence-corrected chi connectivity index (χ3v) is 6.61. The second-order valence-electron chi connectivity index (χ2n) is 8.59. The van der Waals surface area contributed by atoms with Crippen LogP contribution in [-0.4, -0.2) is 51.4 Å². The van der Waals surface area contributed by atoms with Crippen molar-refractivity contribution in [3.8, 4) is 17.0 Å². The van der Waals surface area contributed by atoms with E-state index in [-0.39, 0.29) is 5.75 Å². The Morgan fingerprint density at radius 2 is 2.03 bits per heavy atom. The number of aryl methyl sites for hydroxylation is 1. The first-order valence-electron chi connectivity index (χ1n) is 10.3. The van der Waals surface area contributed by atoms with Gasteiger partial charge in [-0.15, -0.1) is 0 Å². The van der Waals surface area contributed by atoms with E-state index in [0.717, 1.165) is 49.4 Å². The van der Waals surface area contributed by atoms with Gasteiger partial charge in [-0.25, -0.2) is 9.37 Å². The van der Waals surface area contributed by atoms with Crippen molar-refractivity contribution in [2.24, 2.45) is 5.41 Å². The molecule has 2 aliphatic rings. The predicted molar refractivity (Wildman–Crippen MR) is 110 cm³/mol. The fourth-order valence-electron chi connectivity index (χ4n) is 4.97. The maximum Gasteiger partial charge on any atom is 0.182 e. The standard InChI is InChI=1S/C22H26FN5O/c1-14-20-16(12-28-9-6-22(13-28)4-7-24-8-5-22)11-18(25-21(20)27-26-14)15-2-3-19(29)17(23)10-15/h2-3,10-11,24,29H,4-9,12-13H2,1H3,(H,25,26,27). The van der Waals surface area contributed by atoms with Gasteiger partial charge in [-0.1, -0.05) is 0 Å². The summed E-state index contributed by atoms with van der Waals surface area (Å²) < 4.78 is 13.9. The molecule has 3 aromatic rings. The van der Waals surface area contributed by atoms with E-state index in [4.69, 9.17) is 0 Å². The smallest absolute Gasteiger partial charge is 0.182 e. The number of aromatic hydroxyl groups is 1. The van der Waals surface area contributed by atoms with Crippen molar-refractivity contribution < 1.29 is 9.50 Å². The molecule has 0 bridgehead atoms. The Balaban J connectivity index is 1.49. The largest absolute Gasteiger partial charge is 0.505 e. The molecule has 0 aliphatic carbocycles. The number of fused-ring (bicyclic) bond motifs is 1. The molecule has 0 saturated carbocycles. The first-order valence-corrected chi connectivity index (χ1v) is 10.3. The molecule has 0 unspecified atom stereocenters. The molecule has 2 aliphatic heterocycles. The highest BCUT2D eigenvalue weighted by Gasteiger charge is 2.38. The predicted octanol–water partition coefficient (Wildman–Crippen LogP) is 3.35. The van der Waals surface area contributed by atoms with Crippen LogP contribution in [-0.2, 0) is 6.54 Å². The molecule has 5 rings (SSSR count). The molecule has 2 fully saturated rings. The summed E-state index contributed by atoms with van der Waals surface area (Å²) in [6.45, 7) is 7.30. The van der Waals surface area contributed by atoms with Crippen molar-refractivity contribution >= 4 is 11.0 Å². The van der Waals surface area contributed by atoms with Crippen LogP contribution in [0.2, 0.25) is 0 Å². The van der Waals surface area contributed by atoms with E-state index in [1.54, 1.807) is 6.07 Å². The molecule has 0 atom stereocenters. The van der Waals surface area contributed by atoms with Gasteiger partial charge in [0.25, 0.3) is 0 Å². The molecule has 1 aromatic carbocycles. The zero-order valence-corrected chi connectivity index (χ0v) is 16.6. The van der Waals surface area contributed by atoms with Crippen LogP contribution in [0.25, 0.3) is 22.3 Å². The lowest BCUT2D eigenvalue weighted by atomic mass is 9.78. The van der Waals surface area contributed by atoms with Gasteiger partial charge in [-0.3, -0.25) is 10.00 Å². The lowest BCUT2D eigenvalue weighted by molar-refractivity contribution is 0.194. The Morgan fingerprint density at radius 1 is 1.21 bits per heavy atom. The number of H-pyrrole nitrogens is 1. The van der Waals surface area contributed by atoms with E-state index in [0.29, 0.717) is 22.3 Å². The van der Waals surface area contributed by atoms with Crippen LogP contribution >= 0.6 is 0 Å². The van der Waals surface area contributed by atoms with Crippen LogP contribution < -0.4 is 5.32 Å². The Kier molecular flexibility index (Phi) is 4.52. The number of nitrogens with one attached hydrogen (secondary N) is 2. The van der Waals surface area contributed by atoms with Crippen molar-refractivity contribution in [1.82, 2.24) is 25.4 Å². The number of benzene rings is 1. The van der Waals surface area contributed by atoms with Crippen molar-refractivity contribution in [2.75, 3.05) is 26.2 Å². The lowest BCUT2D eigenvalue weighted by Gasteiger charge is -2.34. The van der Waals surface area contributed by atoms with Gasteiger partial charge in [-0.05, 0) is 81.1 Å². The molecule has 2 saturated heterocycles. The normalized spacial score (nSPS) is 19.4. The molecule has 6 nitrogen and oxygen atoms in total. The summed E-state index contributed by atoms with van der Waals surface area (Å²) in [4.78, 5) is 7.17. The number of nitrogens with zero attached hydrogens (tertiary/aromatic N) is 3. The van der Waals surface area contributed by atoms with E-state index < -0.39 is 5.82 Å². The highest BCUT2D eigenvalue weighted by atomic mass is 19.1. The summed E-state index contributed by atoms with van der Waals surface area (Å²) in [6, 6.07) is 6.43. The molecular formula is C22H26FN5O. The van der Waals surface area contributed by atoms with Crippen LogP contribution in [0.4, 0.5) is 4.39 Å². The zero-order valence-electron chi connectivity index (χ0n) is 16.6. The first-order chi connectivity index (χ1) is 14.0. The lowest BCUT2D eigenvalue weighted by Crippen LogP contribution is -2.38. The monoisotopic (exact) mass is 395 g/mol. The van der Waals surface area contributed by atoms with Gasteiger partial charge in [0, 0.05) is 29.7 Å². The van der Waals surface area contributed by atoms with Gasteiger partial charge in [0.15, 0.2) is 17.2 Å². The third kappa shape index (κ3) is 3.38. The molecule has 2 aromatic heterocycles. The van der Waals surface area contributed by atoms with Gasteiger partial charge < -0.3 is 10.4 Å². The number of piperidine rings is 1. The fraction of sp³-hybridized carbons (Fsp3) is 0.455. The summed E-state index contributed by atoms with van der Waals surface area (Å²) in [5.74, 6) is -0.994. The average molecular weight is 395 g/mol. The van der Waals surface area contributed by atoms with E-state index in [2.05, 4.69) is 25.4 Å². The van der Waals surface area contributed by atoms with Gasteiger partial charge in [0.05, 0.1) is 5.69 Å². The Morgan fingerprint density at radius 3 is 2.83 bits per heavy atom.